The van der Waals surface area contributed by atoms with Gasteiger partial charge < -0.3 is 9.80 Å². The Labute approximate surface area is 138 Å². The van der Waals surface area contributed by atoms with Crippen LogP contribution in [0, 0.1) is 10.1 Å². The maximum Gasteiger partial charge on any atom is 0.292 e. The summed E-state index contributed by atoms with van der Waals surface area (Å²) in [6, 6.07) is 6.95. The highest BCUT2D eigenvalue weighted by molar-refractivity contribution is 7.09. The molecule has 0 bridgehead atoms. The largest absolute Gasteiger partial charge is 0.364 e. The third-order valence-corrected chi connectivity index (χ3v) is 4.77. The molecule has 1 fully saturated rings. The van der Waals surface area contributed by atoms with E-state index in [1.54, 1.807) is 12.1 Å². The molecule has 7 nitrogen and oxygen atoms in total. The van der Waals surface area contributed by atoms with Crippen LogP contribution >= 0.6 is 11.5 Å². The van der Waals surface area contributed by atoms with Gasteiger partial charge in [0.25, 0.3) is 5.69 Å². The highest BCUT2D eigenvalue weighted by Crippen LogP contribution is 2.29. The molecule has 0 spiro atoms. The van der Waals surface area contributed by atoms with Crippen molar-refractivity contribution in [1.29, 1.82) is 0 Å². The van der Waals surface area contributed by atoms with E-state index in [0.29, 0.717) is 5.69 Å². The highest BCUT2D eigenvalue weighted by Gasteiger charge is 2.23. The van der Waals surface area contributed by atoms with Crippen LogP contribution in [-0.4, -0.2) is 40.5 Å². The number of benzene rings is 1. The van der Waals surface area contributed by atoms with Crippen molar-refractivity contribution in [3.8, 4) is 0 Å². The van der Waals surface area contributed by atoms with E-state index in [4.69, 9.17) is 0 Å². The molecule has 2 heterocycles. The predicted octanol–water partition coefficient (Wildman–Crippen LogP) is 2.73. The van der Waals surface area contributed by atoms with E-state index in [1.807, 2.05) is 19.1 Å². The number of rotatable bonds is 4. The van der Waals surface area contributed by atoms with Crippen molar-refractivity contribution in [1.82, 2.24) is 9.36 Å². The summed E-state index contributed by atoms with van der Waals surface area (Å²) >= 11 is 1.43. The summed E-state index contributed by atoms with van der Waals surface area (Å²) in [5.74, 6) is 0.879. The van der Waals surface area contributed by atoms with Gasteiger partial charge in [-0.2, -0.15) is 4.37 Å². The number of anilines is 2. The fourth-order valence-electron chi connectivity index (χ4n) is 2.75. The fraction of sp³-hybridized carbons (Fsp3) is 0.467. The number of nitrogens with zero attached hydrogens (tertiary/aromatic N) is 5. The van der Waals surface area contributed by atoms with E-state index in [0.717, 1.165) is 50.0 Å². The second-order valence-corrected chi connectivity index (χ2v) is 6.15. The SMILES string of the molecule is CCc1nsc(N2CCCN(c3ccccc3[N+](=O)[O-])CC2)n1. The molecule has 0 saturated carbocycles. The molecule has 0 aliphatic carbocycles. The normalized spacial score (nSPS) is 15.5. The van der Waals surface area contributed by atoms with Crippen LogP contribution in [0.1, 0.15) is 19.2 Å². The van der Waals surface area contributed by atoms with Gasteiger partial charge in [-0.15, -0.1) is 0 Å². The van der Waals surface area contributed by atoms with Crippen LogP contribution in [0.25, 0.3) is 0 Å². The van der Waals surface area contributed by atoms with Crippen molar-refractivity contribution in [3.63, 3.8) is 0 Å². The molecule has 0 unspecified atom stereocenters. The van der Waals surface area contributed by atoms with Gasteiger partial charge in [0.1, 0.15) is 11.5 Å². The molecule has 1 saturated heterocycles. The zero-order valence-corrected chi connectivity index (χ0v) is 13.8. The number of nitro groups is 1. The van der Waals surface area contributed by atoms with Gasteiger partial charge in [-0.05, 0) is 12.5 Å². The molecule has 1 aliphatic rings. The van der Waals surface area contributed by atoms with Crippen LogP contribution in [0.3, 0.4) is 0 Å². The molecular weight excluding hydrogens is 314 g/mol. The Morgan fingerprint density at radius 2 is 1.96 bits per heavy atom. The van der Waals surface area contributed by atoms with Crippen molar-refractivity contribution in [2.45, 2.75) is 19.8 Å². The van der Waals surface area contributed by atoms with E-state index < -0.39 is 0 Å². The maximum absolute atomic E-state index is 11.2. The summed E-state index contributed by atoms with van der Waals surface area (Å²) in [6.45, 7) is 5.29. The number of aromatic nitrogens is 2. The Morgan fingerprint density at radius 3 is 2.70 bits per heavy atom. The number of para-hydroxylation sites is 2. The molecule has 1 aromatic heterocycles. The van der Waals surface area contributed by atoms with Gasteiger partial charge in [0.2, 0.25) is 5.13 Å². The Hall–Kier alpha value is -2.22. The Balaban J connectivity index is 1.75. The standard InChI is InChI=1S/C15H19N5O2S/c1-2-14-16-15(23-17-14)19-9-5-8-18(10-11-19)12-6-3-4-7-13(12)20(21)22/h3-4,6-7H,2,5,8-11H2,1H3. The van der Waals surface area contributed by atoms with Crippen LogP contribution < -0.4 is 9.80 Å². The van der Waals surface area contributed by atoms with Crippen LogP contribution in [0.2, 0.25) is 0 Å². The van der Waals surface area contributed by atoms with Gasteiger partial charge in [0, 0.05) is 50.2 Å². The molecule has 2 aromatic rings. The number of nitro benzene ring substituents is 1. The van der Waals surface area contributed by atoms with Crippen molar-refractivity contribution in [3.05, 3.63) is 40.2 Å². The lowest BCUT2D eigenvalue weighted by atomic mass is 10.2. The Morgan fingerprint density at radius 1 is 1.22 bits per heavy atom. The molecule has 0 radical (unpaired) electrons. The van der Waals surface area contributed by atoms with E-state index in [2.05, 4.69) is 19.2 Å². The molecule has 0 atom stereocenters. The molecule has 122 valence electrons. The lowest BCUT2D eigenvalue weighted by molar-refractivity contribution is -0.384. The van der Waals surface area contributed by atoms with Crippen molar-refractivity contribution in [2.24, 2.45) is 0 Å². The van der Waals surface area contributed by atoms with Crippen molar-refractivity contribution >= 4 is 28.0 Å². The minimum absolute atomic E-state index is 0.171. The molecule has 3 rings (SSSR count). The van der Waals surface area contributed by atoms with Gasteiger partial charge in [-0.3, -0.25) is 10.1 Å². The Kier molecular flexibility index (Phi) is 4.71. The van der Waals surface area contributed by atoms with Crippen molar-refractivity contribution < 1.29 is 4.92 Å². The topological polar surface area (TPSA) is 75.4 Å². The number of hydrogen-bond donors (Lipinski definition) is 0. The third kappa shape index (κ3) is 3.42. The summed E-state index contributed by atoms with van der Waals surface area (Å²) in [7, 11) is 0. The summed E-state index contributed by atoms with van der Waals surface area (Å²) in [6.07, 6.45) is 1.78. The predicted molar refractivity (Wildman–Crippen MR) is 91.4 cm³/mol. The quantitative estimate of drug-likeness (QED) is 0.632. The van der Waals surface area contributed by atoms with Crippen molar-refractivity contribution in [2.75, 3.05) is 36.0 Å². The third-order valence-electron chi connectivity index (χ3n) is 3.96. The lowest BCUT2D eigenvalue weighted by Gasteiger charge is -2.23. The first kappa shape index (κ1) is 15.7. The summed E-state index contributed by atoms with van der Waals surface area (Å²) < 4.78 is 4.34. The minimum Gasteiger partial charge on any atom is -0.364 e. The van der Waals surface area contributed by atoms with Gasteiger partial charge in [-0.25, -0.2) is 4.98 Å². The first-order valence-electron chi connectivity index (χ1n) is 7.75. The molecular formula is C15H19N5O2S. The average Bonchev–Trinajstić information content (AvgIpc) is 2.92. The van der Waals surface area contributed by atoms with Gasteiger partial charge in [0.05, 0.1) is 4.92 Å². The highest BCUT2D eigenvalue weighted by atomic mass is 32.1. The monoisotopic (exact) mass is 333 g/mol. The smallest absolute Gasteiger partial charge is 0.292 e. The molecule has 23 heavy (non-hydrogen) atoms. The summed E-state index contributed by atoms with van der Waals surface area (Å²) in [5, 5.41) is 12.2. The molecule has 0 N–H and O–H groups in total. The summed E-state index contributed by atoms with van der Waals surface area (Å²) in [4.78, 5) is 19.8. The number of hydrogen-bond acceptors (Lipinski definition) is 7. The van der Waals surface area contributed by atoms with E-state index in [9.17, 15) is 10.1 Å². The van der Waals surface area contributed by atoms with E-state index in [-0.39, 0.29) is 10.6 Å². The zero-order valence-electron chi connectivity index (χ0n) is 13.0. The van der Waals surface area contributed by atoms with E-state index >= 15 is 0 Å². The molecule has 8 heteroatoms. The second kappa shape index (κ2) is 6.91. The fourth-order valence-corrected chi connectivity index (χ4v) is 3.55. The summed E-state index contributed by atoms with van der Waals surface area (Å²) in [5.41, 5.74) is 0.871. The average molecular weight is 333 g/mol. The van der Waals surface area contributed by atoms with Crippen LogP contribution in [-0.2, 0) is 6.42 Å². The van der Waals surface area contributed by atoms with Crippen LogP contribution in [0.15, 0.2) is 24.3 Å². The van der Waals surface area contributed by atoms with E-state index in [1.165, 1.54) is 11.5 Å². The molecule has 1 aromatic carbocycles. The second-order valence-electron chi connectivity index (χ2n) is 5.42. The first-order valence-corrected chi connectivity index (χ1v) is 8.52. The van der Waals surface area contributed by atoms with Gasteiger partial charge in [-0.1, -0.05) is 19.1 Å². The van der Waals surface area contributed by atoms with Crippen LogP contribution in [0.4, 0.5) is 16.5 Å². The number of aryl methyl sites for hydroxylation is 1. The molecule has 1 aliphatic heterocycles. The first-order chi connectivity index (χ1) is 11.2. The van der Waals surface area contributed by atoms with Gasteiger partial charge >= 0.3 is 0 Å². The minimum atomic E-state index is -0.309. The zero-order chi connectivity index (χ0) is 16.2. The molecule has 0 amide bonds. The van der Waals surface area contributed by atoms with Gasteiger partial charge in [0.15, 0.2) is 0 Å². The maximum atomic E-state index is 11.2. The lowest BCUT2D eigenvalue weighted by Crippen LogP contribution is -2.31. The van der Waals surface area contributed by atoms with Crippen LogP contribution in [0.5, 0.6) is 0 Å². The Bertz CT molecular complexity index is 690.